The zero-order valence-electron chi connectivity index (χ0n) is 25.9. The molecule has 0 aromatic heterocycles. The molecule has 0 aromatic rings. The Labute approximate surface area is 227 Å². The Kier molecular flexibility index (Phi) is 18.6. The molecule has 0 saturated heterocycles. The van der Waals surface area contributed by atoms with Gasteiger partial charge in [-0.2, -0.15) is 0 Å². The molecule has 0 N–H and O–H groups in total. The van der Waals surface area contributed by atoms with Crippen molar-refractivity contribution in [1.82, 2.24) is 0 Å². The minimum atomic E-state index is -2.16. The van der Waals surface area contributed by atoms with Crippen LogP contribution >= 0.6 is 0 Å². The maximum absolute atomic E-state index is 6.58. The number of unbranched alkanes of at least 4 members (excludes halogenated alkanes) is 3. The van der Waals surface area contributed by atoms with E-state index in [1.165, 1.54) is 49.0 Å². The third-order valence-electron chi connectivity index (χ3n) is 7.86. The second-order valence-corrected chi connectivity index (χ2v) is 38.0. The van der Waals surface area contributed by atoms with Crippen molar-refractivity contribution in [1.29, 1.82) is 0 Å². The van der Waals surface area contributed by atoms with Crippen LogP contribution < -0.4 is 0 Å². The van der Waals surface area contributed by atoms with E-state index in [-0.39, 0.29) is 11.1 Å². The Balaban J connectivity index is 5.34. The van der Waals surface area contributed by atoms with Crippen LogP contribution in [0.4, 0.5) is 0 Å². The van der Waals surface area contributed by atoms with Crippen molar-refractivity contribution < 1.29 is 13.9 Å². The molecule has 0 fully saturated rings. The first-order valence-electron chi connectivity index (χ1n) is 14.7. The van der Waals surface area contributed by atoms with E-state index in [0.29, 0.717) is 13.4 Å². The molecule has 0 rings (SSSR count). The molecule has 0 bridgehead atoms. The molecule has 0 amide bonds. The van der Waals surface area contributed by atoms with Gasteiger partial charge in [-0.3, -0.25) is 0 Å². The topological polar surface area (TPSA) is 27.7 Å². The Hall–Kier alpha value is 0.852. The number of rotatable bonds is 21. The summed E-state index contributed by atoms with van der Waals surface area (Å²) in [6.07, 6.45) is 13.1. The molecular weight excluding hydrogens is 571 g/mol. The summed E-state index contributed by atoms with van der Waals surface area (Å²) in [7, 11) is -2.89. The van der Waals surface area contributed by atoms with Crippen molar-refractivity contribution in [2.75, 3.05) is 20.0 Å². The minimum absolute atomic E-state index is 0.0106. The summed E-state index contributed by atoms with van der Waals surface area (Å²) in [4.78, 5) is 0. The molecule has 0 unspecified atom stereocenters. The zero-order chi connectivity index (χ0) is 27.0. The third-order valence-corrected chi connectivity index (χ3v) is 29.3. The summed E-state index contributed by atoms with van der Waals surface area (Å²) in [5, 5.41) is 0.209. The van der Waals surface area contributed by atoms with E-state index in [0.717, 1.165) is 6.61 Å². The van der Waals surface area contributed by atoms with Crippen LogP contribution in [0.1, 0.15) is 80.1 Å². The summed E-state index contributed by atoms with van der Waals surface area (Å²) in [5.74, 6) is 0. The summed E-state index contributed by atoms with van der Waals surface area (Å²) in [6, 6.07) is 1.18. The summed E-state index contributed by atoms with van der Waals surface area (Å²) < 4.78 is 24.8. The first-order valence-corrected chi connectivity index (χ1v) is 29.4. The van der Waals surface area contributed by atoms with Gasteiger partial charge in [0.25, 0.3) is 0 Å². The van der Waals surface area contributed by atoms with Gasteiger partial charge in [0.15, 0.2) is 0 Å². The van der Waals surface area contributed by atoms with Crippen LogP contribution in [0.2, 0.25) is 61.6 Å². The Bertz CT molecular complexity index is 531. The Morgan fingerprint density at radius 1 is 0.829 bits per heavy atom. The molecule has 3 nitrogen and oxygen atoms in total. The van der Waals surface area contributed by atoms with Crippen LogP contribution in [0, 0.1) is 0 Å². The second kappa shape index (κ2) is 18.2. The van der Waals surface area contributed by atoms with Crippen LogP contribution in [0.3, 0.4) is 0 Å². The van der Waals surface area contributed by atoms with Crippen molar-refractivity contribution in [2.45, 2.75) is 148 Å². The van der Waals surface area contributed by atoms with Gasteiger partial charge in [0.05, 0.1) is 0 Å². The normalized spacial score (nSPS) is 14.7. The van der Waals surface area contributed by atoms with Crippen LogP contribution in [-0.2, 0) is 13.9 Å². The second-order valence-electron chi connectivity index (χ2n) is 13.6. The van der Waals surface area contributed by atoms with Crippen LogP contribution in [0.5, 0.6) is 0 Å². The Morgan fingerprint density at radius 3 is 1.77 bits per heavy atom. The average molecular weight is 636 g/mol. The van der Waals surface area contributed by atoms with E-state index in [1.54, 1.807) is 13.3 Å². The molecule has 0 saturated carbocycles. The molecule has 0 aliphatic carbocycles. The molecule has 0 aromatic carbocycles. The van der Waals surface area contributed by atoms with Crippen molar-refractivity contribution in [3.05, 3.63) is 12.2 Å². The fourth-order valence-corrected chi connectivity index (χ4v) is 21.0. The molecule has 1 atom stereocenters. The molecular formula is C29H64O3Si2Sn. The monoisotopic (exact) mass is 636 g/mol. The van der Waals surface area contributed by atoms with E-state index in [2.05, 4.69) is 86.4 Å². The molecule has 0 radical (unpaired) electrons. The van der Waals surface area contributed by atoms with E-state index in [9.17, 15) is 0 Å². The Morgan fingerprint density at radius 2 is 1.34 bits per heavy atom. The SMILES string of the molecule is CCC[CH2][Sn]([CH2]/C=C/[C@@H](CO[Si](C)(C)C(C)(C)C)OCOCC[Si](C)(C)C)([CH2]CCC)[CH2]CCC. The van der Waals surface area contributed by atoms with Crippen molar-refractivity contribution >= 4 is 34.8 Å². The van der Waals surface area contributed by atoms with Gasteiger partial charge in [-0.1, -0.05) is 0 Å². The molecule has 0 heterocycles. The molecule has 35 heavy (non-hydrogen) atoms. The number of hydrogen-bond acceptors (Lipinski definition) is 3. The van der Waals surface area contributed by atoms with Gasteiger partial charge in [0.1, 0.15) is 0 Å². The standard InChI is InChI=1S/C17H37O3Si2.3C4H9.Sn/c1-10-11-16(14-20-22(8,9)17(2,3)4)19-15-18-12-13-21(5,6)7;3*1-3-4-2;/h10-11,16H,1,12-15H2,2-9H3;3*1,3-4H2,2H3;/b11-10+;;;;/t16-;;;;/m0..../s1. The maximum atomic E-state index is 6.58. The van der Waals surface area contributed by atoms with E-state index >= 15 is 0 Å². The molecule has 0 aliphatic rings. The predicted molar refractivity (Wildman–Crippen MR) is 166 cm³/mol. The summed E-state index contributed by atoms with van der Waals surface area (Å²) in [6.45, 7) is 27.7. The number of hydrogen-bond donors (Lipinski definition) is 0. The summed E-state index contributed by atoms with van der Waals surface area (Å²) in [5.41, 5.74) is 0. The molecule has 0 aliphatic heterocycles. The first kappa shape index (κ1) is 35.9. The number of ether oxygens (including phenoxy) is 2. The van der Waals surface area contributed by atoms with E-state index < -0.39 is 34.8 Å². The molecule has 0 spiro atoms. The van der Waals surface area contributed by atoms with Crippen LogP contribution in [0.25, 0.3) is 0 Å². The first-order chi connectivity index (χ1) is 16.2. The number of allylic oxidation sites excluding steroid dienone is 1. The quantitative estimate of drug-likeness (QED) is 0.0544. The van der Waals surface area contributed by atoms with Gasteiger partial charge >= 0.3 is 229 Å². The average Bonchev–Trinajstić information content (AvgIpc) is 2.75. The third kappa shape index (κ3) is 17.1. The van der Waals surface area contributed by atoms with Gasteiger partial charge in [-0.25, -0.2) is 0 Å². The fourth-order valence-electron chi connectivity index (χ4n) is 4.05. The van der Waals surface area contributed by atoms with Crippen LogP contribution in [0.15, 0.2) is 12.2 Å². The fraction of sp³-hybridized carbons (Fsp3) is 0.931. The van der Waals surface area contributed by atoms with Crippen LogP contribution in [-0.4, -0.2) is 60.9 Å². The van der Waals surface area contributed by atoms with E-state index in [1.807, 2.05) is 0 Å². The summed E-state index contributed by atoms with van der Waals surface area (Å²) >= 11 is -2.16. The van der Waals surface area contributed by atoms with Crippen molar-refractivity contribution in [3.63, 3.8) is 0 Å². The van der Waals surface area contributed by atoms with Gasteiger partial charge in [-0.15, -0.1) is 0 Å². The van der Waals surface area contributed by atoms with Gasteiger partial charge in [-0.05, 0) is 0 Å². The molecule has 6 heteroatoms. The van der Waals surface area contributed by atoms with Gasteiger partial charge in [0, 0.05) is 0 Å². The molecule has 210 valence electrons. The van der Waals surface area contributed by atoms with Gasteiger partial charge in [0.2, 0.25) is 0 Å². The van der Waals surface area contributed by atoms with Gasteiger partial charge < -0.3 is 0 Å². The van der Waals surface area contributed by atoms with E-state index in [4.69, 9.17) is 13.9 Å². The van der Waals surface area contributed by atoms with Crippen molar-refractivity contribution in [2.24, 2.45) is 0 Å². The zero-order valence-corrected chi connectivity index (χ0v) is 30.7. The predicted octanol–water partition coefficient (Wildman–Crippen LogP) is 10.1. The van der Waals surface area contributed by atoms with Crippen molar-refractivity contribution in [3.8, 4) is 0 Å².